The van der Waals surface area contributed by atoms with Crippen LogP contribution in [0.25, 0.3) is 0 Å². The van der Waals surface area contributed by atoms with E-state index in [0.29, 0.717) is 11.6 Å². The van der Waals surface area contributed by atoms with Crippen molar-refractivity contribution in [2.24, 2.45) is 0 Å². The largest absolute Gasteiger partial charge is 0.416 e. The van der Waals surface area contributed by atoms with Crippen molar-refractivity contribution < 1.29 is 23.1 Å². The number of hydrogen-bond donors (Lipinski definition) is 3. The highest BCUT2D eigenvalue weighted by Crippen LogP contribution is 2.30. The molecule has 22 heavy (non-hydrogen) atoms. The van der Waals surface area contributed by atoms with E-state index in [1.165, 1.54) is 29.7 Å². The lowest BCUT2D eigenvalue weighted by Crippen LogP contribution is -2.19. The summed E-state index contributed by atoms with van der Waals surface area (Å²) in [5.74, 6) is 0. The summed E-state index contributed by atoms with van der Waals surface area (Å²) >= 11 is 1.18. The van der Waals surface area contributed by atoms with Gasteiger partial charge in [-0.3, -0.25) is 5.32 Å². The molecule has 1 aromatic carbocycles. The Morgan fingerprint density at radius 2 is 2.09 bits per heavy atom. The molecule has 0 saturated carbocycles. The van der Waals surface area contributed by atoms with E-state index in [1.807, 2.05) is 0 Å². The van der Waals surface area contributed by atoms with Gasteiger partial charge < -0.3 is 10.4 Å². The third-order valence-electron chi connectivity index (χ3n) is 2.58. The second kappa shape index (κ2) is 6.75. The number of rotatable bonds is 4. The average Bonchev–Trinajstić information content (AvgIpc) is 2.85. The van der Waals surface area contributed by atoms with Gasteiger partial charge in [0.15, 0.2) is 5.13 Å². The van der Waals surface area contributed by atoms with Crippen molar-refractivity contribution in [3.63, 3.8) is 0 Å². The van der Waals surface area contributed by atoms with Crippen molar-refractivity contribution in [3.05, 3.63) is 40.9 Å². The molecule has 9 heteroatoms. The van der Waals surface area contributed by atoms with Crippen LogP contribution >= 0.6 is 11.3 Å². The van der Waals surface area contributed by atoms with E-state index >= 15 is 0 Å². The van der Waals surface area contributed by atoms with Gasteiger partial charge in [-0.2, -0.15) is 13.2 Å². The molecule has 0 fully saturated rings. The zero-order chi connectivity index (χ0) is 16.2. The minimum absolute atomic E-state index is 0.0273. The van der Waals surface area contributed by atoms with Crippen LogP contribution in [-0.4, -0.2) is 22.7 Å². The highest BCUT2D eigenvalue weighted by molar-refractivity contribution is 7.15. The molecule has 0 spiro atoms. The van der Waals surface area contributed by atoms with Crippen LogP contribution in [0.5, 0.6) is 0 Å². The molecule has 0 aliphatic rings. The molecule has 118 valence electrons. The molecule has 0 aliphatic heterocycles. The first-order chi connectivity index (χ1) is 10.4. The number of aromatic nitrogens is 1. The zero-order valence-electron chi connectivity index (χ0n) is 11.1. The van der Waals surface area contributed by atoms with Crippen LogP contribution in [0.1, 0.15) is 10.4 Å². The standard InChI is InChI=1S/C13H12F3N3O2S/c14-13(15,16)8-2-1-3-9(6-8)18-11(21)19-12-17-7-10(22-12)4-5-20/h1-3,6-7,20H,4-5H2,(H2,17,18,19,21). The average molecular weight is 331 g/mol. The topological polar surface area (TPSA) is 74.2 Å². The lowest BCUT2D eigenvalue weighted by molar-refractivity contribution is -0.137. The summed E-state index contributed by atoms with van der Waals surface area (Å²) in [5.41, 5.74) is -0.816. The molecule has 2 aromatic rings. The molecule has 5 nitrogen and oxygen atoms in total. The van der Waals surface area contributed by atoms with Crippen molar-refractivity contribution in [1.82, 2.24) is 4.98 Å². The van der Waals surface area contributed by atoms with Gasteiger partial charge in [0.1, 0.15) is 0 Å². The molecule has 2 rings (SSSR count). The molecule has 0 saturated heterocycles. The zero-order valence-corrected chi connectivity index (χ0v) is 12.0. The Morgan fingerprint density at radius 3 is 2.77 bits per heavy atom. The molecular weight excluding hydrogens is 319 g/mol. The number of carbonyl (C=O) groups is 1. The third-order valence-corrected chi connectivity index (χ3v) is 3.55. The number of anilines is 2. The van der Waals surface area contributed by atoms with Gasteiger partial charge in [-0.15, -0.1) is 11.3 Å². The maximum absolute atomic E-state index is 12.6. The molecular formula is C13H12F3N3O2S. The van der Waals surface area contributed by atoms with Gasteiger partial charge in [0.25, 0.3) is 0 Å². The fourth-order valence-corrected chi connectivity index (χ4v) is 2.42. The summed E-state index contributed by atoms with van der Waals surface area (Å²) in [4.78, 5) is 16.4. The number of alkyl halides is 3. The summed E-state index contributed by atoms with van der Waals surface area (Å²) in [5, 5.41) is 13.8. The second-order valence-electron chi connectivity index (χ2n) is 4.26. The molecule has 0 atom stereocenters. The number of halogens is 3. The van der Waals surface area contributed by atoms with E-state index in [2.05, 4.69) is 15.6 Å². The molecule has 3 N–H and O–H groups in total. The normalized spacial score (nSPS) is 11.3. The second-order valence-corrected chi connectivity index (χ2v) is 5.38. The van der Waals surface area contributed by atoms with Crippen LogP contribution in [0.3, 0.4) is 0 Å². The molecule has 1 heterocycles. The van der Waals surface area contributed by atoms with E-state index in [4.69, 9.17) is 5.11 Å². The Balaban J connectivity index is 1.99. The number of urea groups is 1. The smallest absolute Gasteiger partial charge is 0.396 e. The van der Waals surface area contributed by atoms with Crippen molar-refractivity contribution >= 4 is 28.2 Å². The number of amides is 2. The highest BCUT2D eigenvalue weighted by Gasteiger charge is 2.30. The number of carbonyl (C=O) groups excluding carboxylic acids is 1. The number of hydrogen-bond acceptors (Lipinski definition) is 4. The molecule has 2 amide bonds. The van der Waals surface area contributed by atoms with Crippen molar-refractivity contribution in [3.8, 4) is 0 Å². The first kappa shape index (κ1) is 16.2. The monoisotopic (exact) mass is 331 g/mol. The first-order valence-corrected chi connectivity index (χ1v) is 7.01. The molecule has 0 bridgehead atoms. The molecule has 1 aromatic heterocycles. The quantitative estimate of drug-likeness (QED) is 0.804. The highest BCUT2D eigenvalue weighted by atomic mass is 32.1. The molecule has 0 aliphatic carbocycles. The Hall–Kier alpha value is -2.13. The van der Waals surface area contributed by atoms with Gasteiger partial charge in [0.2, 0.25) is 0 Å². The van der Waals surface area contributed by atoms with Crippen LogP contribution in [0.15, 0.2) is 30.5 Å². The van der Waals surface area contributed by atoms with E-state index < -0.39 is 17.8 Å². The number of thiazole rings is 1. The van der Waals surface area contributed by atoms with Gasteiger partial charge in [-0.25, -0.2) is 9.78 Å². The fraction of sp³-hybridized carbons (Fsp3) is 0.231. The Labute approximate surface area is 127 Å². The number of nitrogens with zero attached hydrogens (tertiary/aromatic N) is 1. The van der Waals surface area contributed by atoms with Crippen LogP contribution < -0.4 is 10.6 Å². The predicted octanol–water partition coefficient (Wildman–Crippen LogP) is 3.34. The van der Waals surface area contributed by atoms with Gasteiger partial charge >= 0.3 is 12.2 Å². The third kappa shape index (κ3) is 4.43. The SMILES string of the molecule is O=C(Nc1cccc(C(F)(F)F)c1)Nc1ncc(CCO)s1. The lowest BCUT2D eigenvalue weighted by atomic mass is 10.2. The summed E-state index contributed by atoms with van der Waals surface area (Å²) in [7, 11) is 0. The lowest BCUT2D eigenvalue weighted by Gasteiger charge is -2.09. The van der Waals surface area contributed by atoms with Crippen LogP contribution in [0, 0.1) is 0 Å². The van der Waals surface area contributed by atoms with Gasteiger partial charge in [0, 0.05) is 29.8 Å². The van der Waals surface area contributed by atoms with Gasteiger partial charge in [-0.1, -0.05) is 6.07 Å². The summed E-state index contributed by atoms with van der Waals surface area (Å²) < 4.78 is 37.7. The predicted molar refractivity (Wildman–Crippen MR) is 77.0 cm³/mol. The van der Waals surface area contributed by atoms with E-state index in [1.54, 1.807) is 0 Å². The van der Waals surface area contributed by atoms with Gasteiger partial charge in [-0.05, 0) is 18.2 Å². The number of aliphatic hydroxyl groups is 1. The number of benzene rings is 1. The molecule has 0 radical (unpaired) electrons. The maximum atomic E-state index is 12.6. The number of aliphatic hydroxyl groups excluding tert-OH is 1. The van der Waals surface area contributed by atoms with Crippen LogP contribution in [0.4, 0.5) is 28.8 Å². The Bertz CT molecular complexity index is 658. The van der Waals surface area contributed by atoms with Gasteiger partial charge in [0.05, 0.1) is 5.56 Å². The van der Waals surface area contributed by atoms with E-state index in [9.17, 15) is 18.0 Å². The molecule has 0 unspecified atom stereocenters. The Morgan fingerprint density at radius 1 is 1.32 bits per heavy atom. The van der Waals surface area contributed by atoms with Crippen molar-refractivity contribution in [1.29, 1.82) is 0 Å². The van der Waals surface area contributed by atoms with Crippen LogP contribution in [-0.2, 0) is 12.6 Å². The van der Waals surface area contributed by atoms with Crippen molar-refractivity contribution in [2.75, 3.05) is 17.2 Å². The maximum Gasteiger partial charge on any atom is 0.416 e. The van der Waals surface area contributed by atoms with Crippen molar-refractivity contribution in [2.45, 2.75) is 12.6 Å². The first-order valence-electron chi connectivity index (χ1n) is 6.19. The van der Waals surface area contributed by atoms with E-state index in [0.717, 1.165) is 17.0 Å². The van der Waals surface area contributed by atoms with Crippen LogP contribution in [0.2, 0.25) is 0 Å². The Kier molecular flexibility index (Phi) is 4.99. The fourth-order valence-electron chi connectivity index (χ4n) is 1.62. The minimum Gasteiger partial charge on any atom is -0.396 e. The summed E-state index contributed by atoms with van der Waals surface area (Å²) in [6.07, 6.45) is -2.53. The van der Waals surface area contributed by atoms with E-state index in [-0.39, 0.29) is 12.3 Å². The minimum atomic E-state index is -4.47. The number of nitrogens with one attached hydrogen (secondary N) is 2. The summed E-state index contributed by atoms with van der Waals surface area (Å²) in [6, 6.07) is 3.64. The summed E-state index contributed by atoms with van der Waals surface area (Å²) in [6.45, 7) is -0.0297.